The van der Waals surface area contributed by atoms with Gasteiger partial charge in [-0.05, 0) is 81.0 Å². The van der Waals surface area contributed by atoms with Gasteiger partial charge in [-0.15, -0.1) is 6.42 Å². The number of carboxylic acids is 1. The molecule has 0 saturated carbocycles. The van der Waals surface area contributed by atoms with E-state index < -0.39 is 87.7 Å². The summed E-state index contributed by atoms with van der Waals surface area (Å²) < 4.78 is 98.1. The van der Waals surface area contributed by atoms with Gasteiger partial charge in [0.25, 0.3) is 26.1 Å². The lowest BCUT2D eigenvalue weighted by Gasteiger charge is -2.26. The number of hydrogen-bond acceptors (Lipinski definition) is 18. The number of nitrogens with zero attached hydrogens (tertiary/aromatic N) is 1. The number of urea groups is 1. The zero-order valence-electron chi connectivity index (χ0n) is 45.0. The van der Waals surface area contributed by atoms with Gasteiger partial charge in [0.2, 0.25) is 17.7 Å². The maximum absolute atomic E-state index is 13.4. The van der Waals surface area contributed by atoms with Crippen molar-refractivity contribution in [1.82, 2.24) is 31.5 Å². The molecule has 11 N–H and O–H groups in total. The van der Waals surface area contributed by atoms with Gasteiger partial charge in [-0.1, -0.05) is 18.4 Å². The molecule has 446 valence electrons. The van der Waals surface area contributed by atoms with Crippen molar-refractivity contribution in [3.63, 3.8) is 0 Å². The molecule has 29 heteroatoms. The van der Waals surface area contributed by atoms with E-state index in [2.05, 4.69) is 32.5 Å². The van der Waals surface area contributed by atoms with Gasteiger partial charge in [-0.2, -0.15) is 28.6 Å². The fraction of sp³-hybridized carbons (Fsp3) is 0.491. The molecule has 6 amide bonds. The highest BCUT2D eigenvalue weighted by Gasteiger charge is 2.47. The molecule has 0 spiro atoms. The highest BCUT2D eigenvalue weighted by Crippen LogP contribution is 2.46. The van der Waals surface area contributed by atoms with E-state index in [0.29, 0.717) is 70.6 Å². The smallest absolute Gasteiger partial charge is 0.336 e. The first kappa shape index (κ1) is 64.3. The summed E-state index contributed by atoms with van der Waals surface area (Å²) in [4.78, 5) is 76.2. The molecule has 26 nitrogen and oxygen atoms in total. The quantitative estimate of drug-likeness (QED) is 0.00802. The monoisotopic (exact) mass is 1200 g/mol. The SMILES string of the molecule is C#CCNC(=O)[C@H](CCCCNC(=O)c1ccc(-c2c3ccc(=N)c(S(=O)(=O)O)c-3oc3c(S(=O)(=O)O)c(N)ccc23)c(C(=O)O)c1)NC(=O)CCOCCOCCOCCOCCNC(=O)CCCC[C@@H]1SC[C@@H]2NC(=O)N(CC)[C@@H]21. The third-order valence-electron chi connectivity index (χ3n) is 13.4. The Morgan fingerprint density at radius 1 is 0.841 bits per heavy atom. The van der Waals surface area contributed by atoms with Crippen LogP contribution in [0.1, 0.15) is 79.0 Å². The average molecular weight is 1200 g/mol. The van der Waals surface area contributed by atoms with Crippen molar-refractivity contribution in [1.29, 1.82) is 5.41 Å². The number of thioether (sulfide) groups is 1. The fourth-order valence-electron chi connectivity index (χ4n) is 9.57. The molecule has 2 aromatic rings. The maximum Gasteiger partial charge on any atom is 0.336 e. The molecule has 0 bridgehead atoms. The van der Waals surface area contributed by atoms with Crippen molar-refractivity contribution < 1.29 is 83.2 Å². The lowest BCUT2D eigenvalue weighted by atomic mass is 9.89. The van der Waals surface area contributed by atoms with Gasteiger partial charge in [0.15, 0.2) is 21.1 Å². The van der Waals surface area contributed by atoms with Gasteiger partial charge < -0.3 is 65.7 Å². The number of carbonyl (C=O) groups excluding carboxylic acids is 5. The number of anilines is 1. The van der Waals surface area contributed by atoms with Crippen molar-refractivity contribution in [2.75, 3.05) is 90.5 Å². The molecule has 0 aromatic heterocycles. The van der Waals surface area contributed by atoms with Crippen LogP contribution in [0.5, 0.6) is 0 Å². The van der Waals surface area contributed by atoms with E-state index in [4.69, 9.17) is 40.9 Å². The molecule has 4 atom stereocenters. The van der Waals surface area contributed by atoms with Crippen molar-refractivity contribution in [2.45, 2.75) is 91.5 Å². The second-order valence-corrected chi connectivity index (χ2v) is 23.0. The van der Waals surface area contributed by atoms with Crippen LogP contribution < -0.4 is 37.7 Å². The molecule has 2 fully saturated rings. The van der Waals surface area contributed by atoms with E-state index in [-0.39, 0.29) is 97.4 Å². The Hall–Kier alpha value is -6.88. The predicted molar refractivity (Wildman–Crippen MR) is 299 cm³/mol. The van der Waals surface area contributed by atoms with E-state index in [1.165, 1.54) is 24.3 Å². The predicted octanol–water partition coefficient (Wildman–Crippen LogP) is 2.62. The van der Waals surface area contributed by atoms with Gasteiger partial charge in [-0.25, -0.2) is 9.59 Å². The van der Waals surface area contributed by atoms with Crippen molar-refractivity contribution in [3.05, 3.63) is 58.9 Å². The minimum absolute atomic E-state index is 0.0177. The average Bonchev–Trinajstić information content (AvgIpc) is 3.67. The number of rotatable bonds is 34. The van der Waals surface area contributed by atoms with E-state index in [1.54, 1.807) is 0 Å². The molecule has 1 aliphatic carbocycles. The Morgan fingerprint density at radius 3 is 2.17 bits per heavy atom. The van der Waals surface area contributed by atoms with Crippen LogP contribution in [0, 0.1) is 17.8 Å². The van der Waals surface area contributed by atoms with Crippen LogP contribution in [-0.2, 0) is 53.6 Å². The lowest BCUT2D eigenvalue weighted by Crippen LogP contribution is -2.47. The second-order valence-electron chi connectivity index (χ2n) is 19.0. The molecule has 3 heterocycles. The van der Waals surface area contributed by atoms with Gasteiger partial charge in [0.05, 0.1) is 88.1 Å². The Balaban J connectivity index is 0.866. The van der Waals surface area contributed by atoms with Gasteiger partial charge in [-0.3, -0.25) is 33.7 Å². The van der Waals surface area contributed by atoms with Crippen LogP contribution in [0.3, 0.4) is 0 Å². The number of nitrogen functional groups attached to an aromatic ring is 1. The Labute approximate surface area is 478 Å². The summed E-state index contributed by atoms with van der Waals surface area (Å²) >= 11 is 1.90. The molecule has 3 aliphatic heterocycles. The summed E-state index contributed by atoms with van der Waals surface area (Å²) in [5, 5.41) is 31.9. The molecule has 2 aromatic carbocycles. The third kappa shape index (κ3) is 17.3. The Kier molecular flexibility index (Phi) is 23.9. The largest absolute Gasteiger partial charge is 0.478 e. The van der Waals surface area contributed by atoms with Crippen LogP contribution in [0.4, 0.5) is 10.5 Å². The zero-order chi connectivity index (χ0) is 59.6. The van der Waals surface area contributed by atoms with Crippen molar-refractivity contribution >= 4 is 84.3 Å². The lowest BCUT2D eigenvalue weighted by molar-refractivity contribution is -0.129. The van der Waals surface area contributed by atoms with Gasteiger partial charge >= 0.3 is 12.0 Å². The van der Waals surface area contributed by atoms with Crippen LogP contribution in [0.2, 0.25) is 0 Å². The number of nitrogens with two attached hydrogens (primary N) is 1. The molecule has 0 radical (unpaired) electrons. The van der Waals surface area contributed by atoms with Crippen LogP contribution in [0.15, 0.2) is 56.7 Å². The van der Waals surface area contributed by atoms with E-state index in [1.807, 2.05) is 23.6 Å². The van der Waals surface area contributed by atoms with Gasteiger partial charge in [0, 0.05) is 65.6 Å². The molecule has 82 heavy (non-hydrogen) atoms. The first-order chi connectivity index (χ1) is 39.2. The second kappa shape index (κ2) is 30.4. The number of nitrogens with one attached hydrogen (secondary N) is 6. The van der Waals surface area contributed by atoms with E-state index in [0.717, 1.165) is 43.2 Å². The summed E-state index contributed by atoms with van der Waals surface area (Å²) in [6, 6.07) is 7.45. The number of hydrogen-bond donors (Lipinski definition) is 10. The highest BCUT2D eigenvalue weighted by atomic mass is 32.2. The maximum atomic E-state index is 13.4. The summed E-state index contributed by atoms with van der Waals surface area (Å²) in [7, 11) is -10.4. The van der Waals surface area contributed by atoms with Crippen molar-refractivity contribution in [2.24, 2.45) is 0 Å². The summed E-state index contributed by atoms with van der Waals surface area (Å²) in [5.41, 5.74) is 3.42. The minimum Gasteiger partial charge on any atom is -0.478 e. The molecular weight excluding hydrogens is 1130 g/mol. The fourth-order valence-corrected chi connectivity index (χ4v) is 12.7. The number of amides is 6. The van der Waals surface area contributed by atoms with Crippen LogP contribution in [0.25, 0.3) is 33.4 Å². The zero-order valence-corrected chi connectivity index (χ0v) is 47.4. The van der Waals surface area contributed by atoms with E-state index in [9.17, 15) is 59.8 Å². The molecule has 4 aliphatic rings. The molecule has 2 saturated heterocycles. The normalized spacial score (nSPS) is 16.3. The van der Waals surface area contributed by atoms with Crippen LogP contribution in [-0.4, -0.2) is 180 Å². The molecule has 0 unspecified atom stereocenters. The summed E-state index contributed by atoms with van der Waals surface area (Å²) in [6.45, 7) is 5.20. The number of carboxylic acid groups (broad SMARTS) is 1. The number of likely N-dealkylation sites (N-methyl/N-ethyl adjacent to an activating group) is 1. The minimum atomic E-state index is -5.24. The number of carbonyl (C=O) groups is 6. The Bertz CT molecular complexity index is 3260. The number of terminal acetylenes is 1. The molecule has 6 rings (SSSR count). The number of benzene rings is 3. The van der Waals surface area contributed by atoms with Crippen LogP contribution >= 0.6 is 11.8 Å². The summed E-state index contributed by atoms with van der Waals surface area (Å²) in [6.07, 6.45) is 9.15. The number of ether oxygens (including phenoxy) is 4. The number of fused-ring (bicyclic) bond motifs is 3. The van der Waals surface area contributed by atoms with Gasteiger partial charge in [0.1, 0.15) is 6.04 Å². The first-order valence-corrected chi connectivity index (χ1v) is 30.3. The number of unbranched alkanes of at least 4 members (excludes halogenated alkanes) is 2. The Morgan fingerprint density at radius 2 is 1.51 bits per heavy atom. The molecular formula is C53H68N8O18S3. The van der Waals surface area contributed by atoms with Crippen molar-refractivity contribution in [3.8, 4) is 34.8 Å². The third-order valence-corrected chi connectivity index (χ3v) is 16.7. The topological polar surface area (TPSA) is 395 Å². The highest BCUT2D eigenvalue weighted by molar-refractivity contribution is 8.00. The number of aromatic carboxylic acids is 1. The first-order valence-electron chi connectivity index (χ1n) is 26.4. The summed E-state index contributed by atoms with van der Waals surface area (Å²) in [5.74, 6) is -0.818. The standard InChI is InChI=1S/C53H68N8O18S3/c1-3-19-57-51(65)39(59-43(63)18-22-75-24-26-77-28-29-78-27-25-76-23-21-56-42(62)11-6-5-10-41-45-40(31-80-41)60-53(68)61(45)4-2)9-7-8-20-58-50(64)32-12-13-33(36(30-32)52(66)67)44-34-14-16-37(54)48(81(69,70)71)46(34)79-47-35(44)15-17-38(55)49(47)82(72,73)74/h1,12-17,30,39-41,45,54H,4-11,18-29,31,55H2,2H3,(H,56,62)(H,57,65)(H,58,64)(H,59,63)(H,60,68)(H,66,67)(H,69,70,71)(H,72,73,74)/t39-,40-,41-,45-/m0/s1. The van der Waals surface area contributed by atoms with E-state index >= 15 is 0 Å².